The van der Waals surface area contributed by atoms with Gasteiger partial charge in [0.2, 0.25) is 5.91 Å². The molecule has 2 heterocycles. The van der Waals surface area contributed by atoms with Gasteiger partial charge < -0.3 is 5.32 Å². The predicted molar refractivity (Wildman–Crippen MR) is 113 cm³/mol. The molecule has 1 N–H and O–H groups in total. The van der Waals surface area contributed by atoms with E-state index in [0.717, 1.165) is 16.8 Å². The second-order valence-electron chi connectivity index (χ2n) is 7.42. The van der Waals surface area contributed by atoms with Crippen molar-refractivity contribution in [3.63, 3.8) is 0 Å². The summed E-state index contributed by atoms with van der Waals surface area (Å²) >= 11 is 0. The first-order valence-corrected chi connectivity index (χ1v) is 11.4. The van der Waals surface area contributed by atoms with Crippen molar-refractivity contribution in [1.29, 1.82) is 0 Å². The van der Waals surface area contributed by atoms with Crippen molar-refractivity contribution in [2.24, 2.45) is 0 Å². The number of nitrogens with one attached hydrogen (secondary N) is 1. The predicted octanol–water partition coefficient (Wildman–Crippen LogP) is 3.32. The van der Waals surface area contributed by atoms with Crippen LogP contribution in [0.5, 0.6) is 0 Å². The molecule has 7 heteroatoms. The van der Waals surface area contributed by atoms with E-state index in [0.29, 0.717) is 12.2 Å². The summed E-state index contributed by atoms with van der Waals surface area (Å²) in [6, 6.07) is 20.8. The number of nitrogens with zero attached hydrogens (tertiary/aromatic N) is 2. The van der Waals surface area contributed by atoms with Crippen LogP contribution in [0.1, 0.15) is 35.2 Å². The lowest BCUT2D eigenvalue weighted by Crippen LogP contribution is -2.25. The van der Waals surface area contributed by atoms with E-state index in [2.05, 4.69) is 10.4 Å². The fourth-order valence-corrected chi connectivity index (χ4v) is 5.53. The molecule has 0 unspecified atom stereocenters. The summed E-state index contributed by atoms with van der Waals surface area (Å²) in [4.78, 5) is 13.3. The van der Waals surface area contributed by atoms with Crippen molar-refractivity contribution < 1.29 is 13.2 Å². The molecule has 29 heavy (non-hydrogen) atoms. The summed E-state index contributed by atoms with van der Waals surface area (Å²) in [5.41, 5.74) is 2.52. The second kappa shape index (κ2) is 7.83. The molecule has 0 aliphatic carbocycles. The normalized spacial score (nSPS) is 18.1. The molecule has 0 saturated carbocycles. The van der Waals surface area contributed by atoms with Crippen molar-refractivity contribution >= 4 is 21.6 Å². The molecule has 2 aromatic carbocycles. The third-order valence-corrected chi connectivity index (χ3v) is 6.94. The highest BCUT2D eigenvalue weighted by atomic mass is 32.2. The second-order valence-corrected chi connectivity index (χ2v) is 9.64. The van der Waals surface area contributed by atoms with E-state index in [1.54, 1.807) is 10.7 Å². The van der Waals surface area contributed by atoms with Gasteiger partial charge in [-0.15, -0.1) is 0 Å². The van der Waals surface area contributed by atoms with Crippen molar-refractivity contribution in [1.82, 2.24) is 9.78 Å². The average molecular weight is 410 g/mol. The van der Waals surface area contributed by atoms with Gasteiger partial charge in [0.15, 0.2) is 9.84 Å². The van der Waals surface area contributed by atoms with Crippen LogP contribution in [-0.4, -0.2) is 35.6 Å². The standard InChI is InChI=1S/C22H23N3O3S/c1-16-14-20(25(24-16)19-12-13-29(27,28)15-19)23-22(26)21(17-8-4-2-5-9-17)18-10-6-3-7-11-18/h2-11,14,19,21H,12-13,15H2,1H3,(H,23,26)/t19-/m0/s1. The molecule has 150 valence electrons. The minimum absolute atomic E-state index is 0.0534. The Balaban J connectivity index is 1.66. The Morgan fingerprint density at radius 3 is 2.17 bits per heavy atom. The number of carbonyl (C=O) groups excluding carboxylic acids is 1. The largest absolute Gasteiger partial charge is 0.310 e. The molecule has 0 radical (unpaired) electrons. The van der Waals surface area contributed by atoms with E-state index < -0.39 is 15.8 Å². The van der Waals surface area contributed by atoms with Crippen LogP contribution < -0.4 is 5.32 Å². The lowest BCUT2D eigenvalue weighted by atomic mass is 9.90. The van der Waals surface area contributed by atoms with Crippen molar-refractivity contribution in [2.45, 2.75) is 25.3 Å². The van der Waals surface area contributed by atoms with Gasteiger partial charge >= 0.3 is 0 Å². The molecule has 6 nitrogen and oxygen atoms in total. The van der Waals surface area contributed by atoms with Gasteiger partial charge in [-0.1, -0.05) is 60.7 Å². The summed E-state index contributed by atoms with van der Waals surface area (Å²) in [5.74, 6) is 0.0857. The lowest BCUT2D eigenvalue weighted by Gasteiger charge is -2.19. The highest BCUT2D eigenvalue weighted by Gasteiger charge is 2.32. The summed E-state index contributed by atoms with van der Waals surface area (Å²) in [6.07, 6.45) is 0.507. The van der Waals surface area contributed by atoms with E-state index >= 15 is 0 Å². The van der Waals surface area contributed by atoms with Gasteiger partial charge in [-0.05, 0) is 24.5 Å². The molecular formula is C22H23N3O3S. The average Bonchev–Trinajstić information content (AvgIpc) is 3.25. The molecule has 1 atom stereocenters. The van der Waals surface area contributed by atoms with Crippen molar-refractivity contribution in [3.8, 4) is 0 Å². The topological polar surface area (TPSA) is 81.1 Å². The first-order chi connectivity index (χ1) is 13.9. The zero-order valence-corrected chi connectivity index (χ0v) is 17.0. The number of rotatable bonds is 5. The van der Waals surface area contributed by atoms with Crippen molar-refractivity contribution in [2.75, 3.05) is 16.8 Å². The van der Waals surface area contributed by atoms with Crippen LogP contribution in [0.4, 0.5) is 5.82 Å². The van der Waals surface area contributed by atoms with Gasteiger partial charge in [-0.2, -0.15) is 5.10 Å². The Morgan fingerprint density at radius 1 is 1.07 bits per heavy atom. The molecule has 1 amide bonds. The number of aromatic nitrogens is 2. The molecule has 1 aromatic heterocycles. The highest BCUT2D eigenvalue weighted by Crippen LogP contribution is 2.30. The maximum absolute atomic E-state index is 13.3. The number of amides is 1. The molecule has 1 fully saturated rings. The van der Waals surface area contributed by atoms with Gasteiger partial charge in [0, 0.05) is 6.07 Å². The number of anilines is 1. The van der Waals surface area contributed by atoms with Gasteiger partial charge in [0.05, 0.1) is 29.2 Å². The quantitative estimate of drug-likeness (QED) is 0.701. The van der Waals surface area contributed by atoms with Crippen LogP contribution in [0.3, 0.4) is 0 Å². The van der Waals surface area contributed by atoms with Crippen LogP contribution >= 0.6 is 0 Å². The van der Waals surface area contributed by atoms with Crippen LogP contribution in [0, 0.1) is 6.92 Å². The van der Waals surface area contributed by atoms with Crippen LogP contribution in [-0.2, 0) is 14.6 Å². The SMILES string of the molecule is Cc1cc(NC(=O)C(c2ccccc2)c2ccccc2)n([C@H]2CCS(=O)(=O)C2)n1. The van der Waals surface area contributed by atoms with Gasteiger partial charge in [-0.3, -0.25) is 4.79 Å². The van der Waals surface area contributed by atoms with Crippen LogP contribution in [0.15, 0.2) is 66.7 Å². The molecule has 0 spiro atoms. The highest BCUT2D eigenvalue weighted by molar-refractivity contribution is 7.91. The number of hydrogen-bond donors (Lipinski definition) is 1. The Bertz CT molecular complexity index is 1070. The smallest absolute Gasteiger partial charge is 0.237 e. The summed E-state index contributed by atoms with van der Waals surface area (Å²) in [6.45, 7) is 1.83. The summed E-state index contributed by atoms with van der Waals surface area (Å²) in [7, 11) is -3.06. The number of carbonyl (C=O) groups is 1. The fourth-order valence-electron chi connectivity index (χ4n) is 3.84. The molecular weight excluding hydrogens is 386 g/mol. The number of hydrogen-bond acceptors (Lipinski definition) is 4. The van der Waals surface area contributed by atoms with E-state index in [4.69, 9.17) is 0 Å². The Hall–Kier alpha value is -2.93. The van der Waals surface area contributed by atoms with Crippen molar-refractivity contribution in [3.05, 3.63) is 83.6 Å². The minimum atomic E-state index is -3.06. The zero-order valence-electron chi connectivity index (χ0n) is 16.2. The maximum Gasteiger partial charge on any atom is 0.237 e. The van der Waals surface area contributed by atoms with Gasteiger partial charge in [0.25, 0.3) is 0 Å². The first kappa shape index (κ1) is 19.4. The Morgan fingerprint density at radius 2 is 1.66 bits per heavy atom. The van der Waals surface area contributed by atoms with Gasteiger partial charge in [-0.25, -0.2) is 13.1 Å². The van der Waals surface area contributed by atoms with E-state index in [1.165, 1.54) is 0 Å². The maximum atomic E-state index is 13.3. The number of benzene rings is 2. The summed E-state index contributed by atoms with van der Waals surface area (Å²) < 4.78 is 25.5. The fraction of sp³-hybridized carbons (Fsp3) is 0.273. The first-order valence-electron chi connectivity index (χ1n) is 9.60. The molecule has 0 bridgehead atoms. The Labute approximate surface area is 170 Å². The van der Waals surface area contributed by atoms with Crippen LogP contribution in [0.2, 0.25) is 0 Å². The minimum Gasteiger partial charge on any atom is -0.310 e. The number of aryl methyl sites for hydroxylation is 1. The van der Waals surface area contributed by atoms with E-state index in [9.17, 15) is 13.2 Å². The van der Waals surface area contributed by atoms with Gasteiger partial charge in [0.1, 0.15) is 5.82 Å². The van der Waals surface area contributed by atoms with E-state index in [1.807, 2.05) is 67.6 Å². The molecule has 1 aliphatic rings. The Kier molecular flexibility index (Phi) is 5.24. The van der Waals surface area contributed by atoms with E-state index in [-0.39, 0.29) is 23.5 Å². The molecule has 1 aliphatic heterocycles. The third kappa shape index (κ3) is 4.24. The number of sulfone groups is 1. The molecule has 4 rings (SSSR count). The monoisotopic (exact) mass is 409 g/mol. The lowest BCUT2D eigenvalue weighted by molar-refractivity contribution is -0.116. The molecule has 3 aromatic rings. The summed E-state index contributed by atoms with van der Waals surface area (Å²) in [5, 5.41) is 7.45. The molecule has 1 saturated heterocycles. The van der Waals surface area contributed by atoms with Crippen LogP contribution in [0.25, 0.3) is 0 Å². The third-order valence-electron chi connectivity index (χ3n) is 5.19. The zero-order chi connectivity index (χ0) is 20.4.